The summed E-state index contributed by atoms with van der Waals surface area (Å²) in [5.41, 5.74) is 2.00. The van der Waals surface area contributed by atoms with E-state index in [1.54, 1.807) is 7.11 Å². The van der Waals surface area contributed by atoms with Gasteiger partial charge in [-0.25, -0.2) is 9.59 Å². The zero-order valence-corrected chi connectivity index (χ0v) is 12.0. The first-order chi connectivity index (χ1) is 10.1. The summed E-state index contributed by atoms with van der Waals surface area (Å²) in [7, 11) is 1.60. The molecule has 114 valence electrons. The van der Waals surface area contributed by atoms with Crippen molar-refractivity contribution in [3.63, 3.8) is 0 Å². The van der Waals surface area contributed by atoms with Gasteiger partial charge in [-0.2, -0.15) is 0 Å². The zero-order valence-electron chi connectivity index (χ0n) is 12.0. The SMILES string of the molecule is COCCCNC(=O)N1Cc2ccccc2CC1C(=O)O. The summed E-state index contributed by atoms with van der Waals surface area (Å²) in [4.78, 5) is 25.0. The van der Waals surface area contributed by atoms with Crippen LogP contribution in [-0.4, -0.2) is 48.3 Å². The van der Waals surface area contributed by atoms with Crippen LogP contribution in [-0.2, 0) is 22.5 Å². The first-order valence-electron chi connectivity index (χ1n) is 6.96. The average Bonchev–Trinajstić information content (AvgIpc) is 2.50. The van der Waals surface area contributed by atoms with E-state index in [1.165, 1.54) is 4.90 Å². The molecule has 0 bridgehead atoms. The second-order valence-corrected chi connectivity index (χ2v) is 5.03. The van der Waals surface area contributed by atoms with Crippen molar-refractivity contribution < 1.29 is 19.4 Å². The standard InChI is InChI=1S/C15H20N2O4/c1-21-8-4-7-16-15(20)17-10-12-6-3-2-5-11(12)9-13(17)14(18)19/h2-3,5-6,13H,4,7-10H2,1H3,(H,16,20)(H,18,19). The van der Waals surface area contributed by atoms with Crippen LogP contribution in [0.25, 0.3) is 0 Å². The number of carbonyl (C=O) groups excluding carboxylic acids is 1. The van der Waals surface area contributed by atoms with Gasteiger partial charge in [-0.1, -0.05) is 24.3 Å². The van der Waals surface area contributed by atoms with Crippen LogP contribution in [0, 0.1) is 0 Å². The van der Waals surface area contributed by atoms with Crippen molar-refractivity contribution >= 4 is 12.0 Å². The minimum Gasteiger partial charge on any atom is -0.480 e. The quantitative estimate of drug-likeness (QED) is 0.800. The number of nitrogens with one attached hydrogen (secondary N) is 1. The number of rotatable bonds is 5. The molecule has 1 heterocycles. The van der Waals surface area contributed by atoms with Crippen molar-refractivity contribution in [1.82, 2.24) is 10.2 Å². The van der Waals surface area contributed by atoms with E-state index in [9.17, 15) is 14.7 Å². The molecular formula is C15H20N2O4. The summed E-state index contributed by atoms with van der Waals surface area (Å²) >= 11 is 0. The summed E-state index contributed by atoms with van der Waals surface area (Å²) in [5, 5.41) is 12.1. The number of carbonyl (C=O) groups is 2. The molecule has 1 aliphatic heterocycles. The molecule has 2 amide bonds. The number of hydrogen-bond donors (Lipinski definition) is 2. The van der Waals surface area contributed by atoms with Crippen LogP contribution in [0.4, 0.5) is 4.79 Å². The molecule has 1 aromatic rings. The second-order valence-electron chi connectivity index (χ2n) is 5.03. The number of hydrogen-bond acceptors (Lipinski definition) is 3. The highest BCUT2D eigenvalue weighted by Crippen LogP contribution is 2.23. The number of urea groups is 1. The normalized spacial score (nSPS) is 17.2. The molecule has 0 spiro atoms. The van der Waals surface area contributed by atoms with E-state index in [1.807, 2.05) is 24.3 Å². The number of ether oxygens (including phenoxy) is 1. The molecule has 1 aromatic carbocycles. The molecule has 0 radical (unpaired) electrons. The molecule has 0 saturated heterocycles. The molecule has 1 unspecified atom stereocenters. The highest BCUT2D eigenvalue weighted by Gasteiger charge is 2.34. The summed E-state index contributed by atoms with van der Waals surface area (Å²) in [6, 6.07) is 6.47. The van der Waals surface area contributed by atoms with E-state index < -0.39 is 12.0 Å². The first-order valence-corrected chi connectivity index (χ1v) is 6.96. The highest BCUT2D eigenvalue weighted by atomic mass is 16.5. The smallest absolute Gasteiger partial charge is 0.326 e. The number of amides is 2. The third-order valence-electron chi connectivity index (χ3n) is 3.60. The topological polar surface area (TPSA) is 78.9 Å². The van der Waals surface area contributed by atoms with Gasteiger partial charge >= 0.3 is 12.0 Å². The van der Waals surface area contributed by atoms with Gasteiger partial charge in [0.05, 0.1) is 0 Å². The van der Waals surface area contributed by atoms with Gasteiger partial charge in [0.2, 0.25) is 0 Å². The molecule has 21 heavy (non-hydrogen) atoms. The molecular weight excluding hydrogens is 272 g/mol. The van der Waals surface area contributed by atoms with Crippen molar-refractivity contribution in [2.45, 2.75) is 25.4 Å². The minimum atomic E-state index is -0.975. The maximum Gasteiger partial charge on any atom is 0.326 e. The van der Waals surface area contributed by atoms with E-state index in [-0.39, 0.29) is 6.03 Å². The molecule has 1 atom stereocenters. The fourth-order valence-corrected chi connectivity index (χ4v) is 2.47. The Labute approximate surface area is 123 Å². The lowest BCUT2D eigenvalue weighted by atomic mass is 9.94. The Morgan fingerprint density at radius 2 is 2.10 bits per heavy atom. The number of nitrogens with zero attached hydrogens (tertiary/aromatic N) is 1. The van der Waals surface area contributed by atoms with Gasteiger partial charge in [0.25, 0.3) is 0 Å². The van der Waals surface area contributed by atoms with Crippen LogP contribution in [0.2, 0.25) is 0 Å². The molecule has 2 N–H and O–H groups in total. The predicted octanol–water partition coefficient (Wildman–Crippen LogP) is 1.24. The second kappa shape index (κ2) is 7.08. The van der Waals surface area contributed by atoms with Crippen LogP contribution in [0.15, 0.2) is 24.3 Å². The molecule has 6 nitrogen and oxygen atoms in total. The van der Waals surface area contributed by atoms with Gasteiger partial charge in [-0.05, 0) is 17.5 Å². The van der Waals surface area contributed by atoms with Crippen LogP contribution in [0.5, 0.6) is 0 Å². The van der Waals surface area contributed by atoms with Gasteiger partial charge in [0.15, 0.2) is 0 Å². The van der Waals surface area contributed by atoms with E-state index >= 15 is 0 Å². The predicted molar refractivity (Wildman–Crippen MR) is 77.0 cm³/mol. The summed E-state index contributed by atoms with van der Waals surface area (Å²) in [6.45, 7) is 1.35. The molecule has 1 aliphatic rings. The van der Waals surface area contributed by atoms with Crippen LogP contribution in [0.1, 0.15) is 17.5 Å². The van der Waals surface area contributed by atoms with Crippen molar-refractivity contribution in [2.75, 3.05) is 20.3 Å². The Morgan fingerprint density at radius 3 is 2.76 bits per heavy atom. The summed E-state index contributed by atoms with van der Waals surface area (Å²) in [6.07, 6.45) is 1.04. The Hall–Kier alpha value is -2.08. The Morgan fingerprint density at radius 1 is 1.38 bits per heavy atom. The lowest BCUT2D eigenvalue weighted by Gasteiger charge is -2.34. The third-order valence-corrected chi connectivity index (χ3v) is 3.60. The molecule has 0 aromatic heterocycles. The lowest BCUT2D eigenvalue weighted by Crippen LogP contribution is -2.52. The number of fused-ring (bicyclic) bond motifs is 1. The Kier molecular flexibility index (Phi) is 5.16. The lowest BCUT2D eigenvalue weighted by molar-refractivity contribution is -0.142. The largest absolute Gasteiger partial charge is 0.480 e. The van der Waals surface area contributed by atoms with Crippen molar-refractivity contribution in [2.24, 2.45) is 0 Å². The van der Waals surface area contributed by atoms with Gasteiger partial charge in [-0.15, -0.1) is 0 Å². The van der Waals surface area contributed by atoms with Crippen molar-refractivity contribution in [1.29, 1.82) is 0 Å². The fraction of sp³-hybridized carbons (Fsp3) is 0.467. The first kappa shape index (κ1) is 15.3. The minimum absolute atomic E-state index is 0.323. The molecule has 6 heteroatoms. The Balaban J connectivity index is 2.06. The fourth-order valence-electron chi connectivity index (χ4n) is 2.47. The van der Waals surface area contributed by atoms with E-state index in [0.29, 0.717) is 32.5 Å². The molecule has 0 aliphatic carbocycles. The number of carboxylic acid groups (broad SMARTS) is 1. The number of aliphatic carboxylic acids is 1. The summed E-state index contributed by atoms with van der Waals surface area (Å²) in [5.74, 6) is -0.975. The van der Waals surface area contributed by atoms with E-state index in [2.05, 4.69) is 5.32 Å². The van der Waals surface area contributed by atoms with Gasteiger partial charge in [0.1, 0.15) is 6.04 Å². The third kappa shape index (κ3) is 3.72. The molecule has 0 saturated carbocycles. The Bertz CT molecular complexity index is 518. The van der Waals surface area contributed by atoms with Gasteiger partial charge in [0, 0.05) is 33.2 Å². The van der Waals surface area contributed by atoms with Crippen LogP contribution in [0.3, 0.4) is 0 Å². The zero-order chi connectivity index (χ0) is 15.2. The number of carboxylic acids is 1. The van der Waals surface area contributed by atoms with Gasteiger partial charge in [-0.3, -0.25) is 0 Å². The van der Waals surface area contributed by atoms with Gasteiger partial charge < -0.3 is 20.1 Å². The van der Waals surface area contributed by atoms with Crippen molar-refractivity contribution in [3.05, 3.63) is 35.4 Å². The highest BCUT2D eigenvalue weighted by molar-refractivity contribution is 5.83. The van der Waals surface area contributed by atoms with Crippen molar-refractivity contribution in [3.8, 4) is 0 Å². The molecule has 2 rings (SSSR count). The van der Waals surface area contributed by atoms with Crippen LogP contribution < -0.4 is 5.32 Å². The maximum absolute atomic E-state index is 12.2. The number of methoxy groups -OCH3 is 1. The summed E-state index contributed by atoms with van der Waals surface area (Å²) < 4.78 is 4.92. The molecule has 0 fully saturated rings. The maximum atomic E-state index is 12.2. The van der Waals surface area contributed by atoms with E-state index in [0.717, 1.165) is 11.1 Å². The number of benzene rings is 1. The van der Waals surface area contributed by atoms with Crippen LogP contribution >= 0.6 is 0 Å². The monoisotopic (exact) mass is 292 g/mol. The average molecular weight is 292 g/mol. The van der Waals surface area contributed by atoms with E-state index in [4.69, 9.17) is 4.74 Å².